The monoisotopic (exact) mass is 760 g/mol. The fraction of sp³-hybridized carbons (Fsp3) is 0.659. The van der Waals surface area contributed by atoms with Crippen molar-refractivity contribution in [2.45, 2.75) is 154 Å². The molecule has 11 nitrogen and oxygen atoms in total. The molecule has 0 bridgehead atoms. The number of nitrogens with one attached hydrogen (secondary N) is 2. The molecular weight excluding hydrogens is 700 g/mol. The summed E-state index contributed by atoms with van der Waals surface area (Å²) in [4.78, 5) is 37.8. The summed E-state index contributed by atoms with van der Waals surface area (Å²) in [5.74, 6) is 13.6. The van der Waals surface area contributed by atoms with Gasteiger partial charge in [-0.05, 0) is 150 Å². The van der Waals surface area contributed by atoms with E-state index >= 15 is 0 Å². The maximum atomic E-state index is 13.0. The van der Waals surface area contributed by atoms with Gasteiger partial charge in [-0.3, -0.25) is 4.79 Å². The van der Waals surface area contributed by atoms with Crippen molar-refractivity contribution in [2.24, 2.45) is 11.8 Å². The molecule has 2 aliphatic carbocycles. The van der Waals surface area contributed by atoms with Gasteiger partial charge in [0.1, 0.15) is 11.6 Å². The number of ether oxygens (including phenoxy) is 6. The van der Waals surface area contributed by atoms with E-state index in [9.17, 15) is 14.4 Å². The Labute approximate surface area is 328 Å². The van der Waals surface area contributed by atoms with Crippen LogP contribution in [0.15, 0.2) is 24.3 Å². The Morgan fingerprint density at radius 2 is 1.33 bits per heavy atom. The third-order valence-electron chi connectivity index (χ3n) is 10.3. The fourth-order valence-electron chi connectivity index (χ4n) is 7.31. The highest BCUT2D eigenvalue weighted by Gasteiger charge is 2.48. The molecule has 0 aromatic heterocycles. The lowest BCUT2D eigenvalue weighted by molar-refractivity contribution is -0.168. The van der Waals surface area contributed by atoms with Gasteiger partial charge in [-0.1, -0.05) is 11.8 Å². The average Bonchev–Trinajstić information content (AvgIpc) is 3.58. The van der Waals surface area contributed by atoms with E-state index in [0.29, 0.717) is 23.7 Å². The van der Waals surface area contributed by atoms with Crippen molar-refractivity contribution in [3.8, 4) is 36.0 Å². The third-order valence-corrected chi connectivity index (χ3v) is 10.3. The maximum Gasteiger partial charge on any atom is 0.408 e. The number of amides is 2. The second-order valence-electron chi connectivity index (χ2n) is 17.5. The summed E-state index contributed by atoms with van der Waals surface area (Å²) in [6, 6.07) is 5.48. The van der Waals surface area contributed by atoms with Gasteiger partial charge in [-0.2, -0.15) is 0 Å². The molecule has 1 aromatic rings. The van der Waals surface area contributed by atoms with Crippen LogP contribution in [-0.4, -0.2) is 78.3 Å². The molecule has 2 saturated carbocycles. The molecular formula is C44H60N2O9. The van der Waals surface area contributed by atoms with Crippen molar-refractivity contribution < 1.29 is 42.8 Å². The number of rotatable bonds is 5. The SMILES string of the molecule is C#CC1CCC2(CC1)COC(C)(C)O2.COC(=O)[C@@H](NC(=O)c1ccc(C#CC#CC2CCC3(CC2)COC(C)(C)O3)cc1)C(C)(C)NC(=O)OC(C)(C)C. The predicted molar refractivity (Wildman–Crippen MR) is 208 cm³/mol. The smallest absolute Gasteiger partial charge is 0.408 e. The van der Waals surface area contributed by atoms with Gasteiger partial charge in [-0.25, -0.2) is 9.59 Å². The second-order valence-corrected chi connectivity index (χ2v) is 17.5. The highest BCUT2D eigenvalue weighted by molar-refractivity contribution is 5.97. The first-order valence-corrected chi connectivity index (χ1v) is 19.2. The normalized spacial score (nSPS) is 27.1. The zero-order chi connectivity index (χ0) is 40.7. The van der Waals surface area contributed by atoms with Crippen LogP contribution in [0.4, 0.5) is 4.79 Å². The number of hydrogen-bond acceptors (Lipinski definition) is 9. The summed E-state index contributed by atoms with van der Waals surface area (Å²) < 4.78 is 33.7. The molecule has 2 saturated heterocycles. The first-order valence-electron chi connectivity index (χ1n) is 19.2. The Hall–Kier alpha value is -4.05. The van der Waals surface area contributed by atoms with Crippen LogP contribution in [0.5, 0.6) is 0 Å². The van der Waals surface area contributed by atoms with Gasteiger partial charge >= 0.3 is 12.1 Å². The molecule has 2 heterocycles. The van der Waals surface area contributed by atoms with E-state index in [1.54, 1.807) is 58.9 Å². The minimum absolute atomic E-state index is 0.0309. The quantitative estimate of drug-likeness (QED) is 0.250. The molecule has 1 aromatic carbocycles. The van der Waals surface area contributed by atoms with Crippen LogP contribution < -0.4 is 10.6 Å². The fourth-order valence-corrected chi connectivity index (χ4v) is 7.31. The molecule has 1 atom stereocenters. The molecule has 2 amide bonds. The topological polar surface area (TPSA) is 131 Å². The van der Waals surface area contributed by atoms with E-state index in [1.807, 2.05) is 27.7 Å². The Kier molecular flexibility index (Phi) is 13.8. The van der Waals surface area contributed by atoms with Gasteiger partial charge in [0.05, 0.1) is 37.1 Å². The molecule has 2 N–H and O–H groups in total. The number of benzene rings is 1. The largest absolute Gasteiger partial charge is 0.467 e. The number of carbonyl (C=O) groups is 3. The number of terminal acetylenes is 1. The van der Waals surface area contributed by atoms with Gasteiger partial charge in [0.15, 0.2) is 11.6 Å². The number of hydrogen-bond donors (Lipinski definition) is 2. The highest BCUT2D eigenvalue weighted by Crippen LogP contribution is 2.43. The van der Waals surface area contributed by atoms with Crippen molar-refractivity contribution in [2.75, 3.05) is 20.3 Å². The summed E-state index contributed by atoms with van der Waals surface area (Å²) in [6.45, 7) is 17.6. The first kappa shape index (κ1) is 43.7. The molecule has 300 valence electrons. The molecule has 11 heteroatoms. The van der Waals surface area contributed by atoms with Gasteiger partial charge in [-0.15, -0.1) is 12.3 Å². The van der Waals surface area contributed by atoms with Crippen LogP contribution in [0.2, 0.25) is 0 Å². The molecule has 0 radical (unpaired) electrons. The van der Waals surface area contributed by atoms with Gasteiger partial charge in [0, 0.05) is 23.0 Å². The van der Waals surface area contributed by atoms with Crippen LogP contribution in [0, 0.1) is 47.9 Å². The van der Waals surface area contributed by atoms with Crippen molar-refractivity contribution in [1.29, 1.82) is 0 Å². The molecule has 2 aliphatic heterocycles. The van der Waals surface area contributed by atoms with Crippen molar-refractivity contribution in [1.82, 2.24) is 10.6 Å². The summed E-state index contributed by atoms with van der Waals surface area (Å²) in [7, 11) is 1.21. The number of carbonyl (C=O) groups excluding carboxylic acids is 3. The van der Waals surface area contributed by atoms with Gasteiger partial charge < -0.3 is 39.1 Å². The van der Waals surface area contributed by atoms with E-state index < -0.39 is 46.7 Å². The summed E-state index contributed by atoms with van der Waals surface area (Å²) in [6.07, 6.45) is 12.7. The molecule has 4 fully saturated rings. The van der Waals surface area contributed by atoms with Crippen molar-refractivity contribution in [3.05, 3.63) is 35.4 Å². The zero-order valence-corrected chi connectivity index (χ0v) is 34.4. The number of esters is 1. The Balaban J connectivity index is 0.000000399. The molecule has 0 unspecified atom stereocenters. The van der Waals surface area contributed by atoms with Crippen molar-refractivity contribution >= 4 is 18.0 Å². The minimum atomic E-state index is -1.21. The lowest BCUT2D eigenvalue weighted by Gasteiger charge is -2.34. The van der Waals surface area contributed by atoms with Crippen LogP contribution >= 0.6 is 0 Å². The number of alkyl carbamates (subject to hydrolysis) is 1. The van der Waals surface area contributed by atoms with Gasteiger partial charge in [0.2, 0.25) is 0 Å². The lowest BCUT2D eigenvalue weighted by atomic mass is 9.79. The van der Waals surface area contributed by atoms with E-state index in [1.165, 1.54) is 7.11 Å². The summed E-state index contributed by atoms with van der Waals surface area (Å²) in [5, 5.41) is 5.31. The summed E-state index contributed by atoms with van der Waals surface area (Å²) >= 11 is 0. The maximum absolute atomic E-state index is 13.0. The van der Waals surface area contributed by atoms with Crippen LogP contribution in [0.25, 0.3) is 0 Å². The first-order chi connectivity index (χ1) is 25.6. The third kappa shape index (κ3) is 12.7. The zero-order valence-electron chi connectivity index (χ0n) is 34.4. The van der Waals surface area contributed by atoms with Crippen LogP contribution in [0.3, 0.4) is 0 Å². The molecule has 2 spiro atoms. The van der Waals surface area contributed by atoms with Crippen LogP contribution in [-0.2, 0) is 33.2 Å². The second kappa shape index (κ2) is 17.4. The minimum Gasteiger partial charge on any atom is -0.467 e. The van der Waals surface area contributed by atoms with E-state index in [4.69, 9.17) is 34.8 Å². The van der Waals surface area contributed by atoms with E-state index in [0.717, 1.165) is 58.0 Å². The van der Waals surface area contributed by atoms with Gasteiger partial charge in [0.25, 0.3) is 5.91 Å². The van der Waals surface area contributed by atoms with Crippen LogP contribution in [0.1, 0.15) is 130 Å². The molecule has 4 aliphatic rings. The predicted octanol–water partition coefficient (Wildman–Crippen LogP) is 6.66. The molecule has 55 heavy (non-hydrogen) atoms. The Morgan fingerprint density at radius 1 is 0.818 bits per heavy atom. The molecule has 5 rings (SSSR count). The Morgan fingerprint density at radius 3 is 1.76 bits per heavy atom. The lowest BCUT2D eigenvalue weighted by Crippen LogP contribution is -2.62. The standard InChI is InChI=1S/C32H42N2O7.C12H18O2/c1-29(2,3)40-28(37)34-30(4,5)25(27(36)38-8)33-26(35)24-15-13-22(14-16-24)11-9-10-12-23-17-19-32(20-18-23)21-39-31(6,7)41-32;1-4-10-5-7-12(8-6-10)9-13-11(2,3)14-12/h13-16,23,25H,17-21H2,1-8H3,(H,33,35)(H,34,37);1,10H,5-9H2,2-3H3/t23?,25-,32?;/m1./s1. The Bertz CT molecular complexity index is 1690. The number of methoxy groups -OCH3 is 1. The highest BCUT2D eigenvalue weighted by atomic mass is 16.8. The summed E-state index contributed by atoms with van der Waals surface area (Å²) in [5.41, 5.74) is -1.12. The average molecular weight is 761 g/mol. The van der Waals surface area contributed by atoms with E-state index in [-0.39, 0.29) is 17.1 Å². The van der Waals surface area contributed by atoms with E-state index in [2.05, 4.69) is 40.2 Å². The van der Waals surface area contributed by atoms with Crippen molar-refractivity contribution in [3.63, 3.8) is 0 Å².